The number of ether oxygens (including phenoxy) is 1. The number of piperidine rings is 1. The summed E-state index contributed by atoms with van der Waals surface area (Å²) in [5, 5.41) is 0.952. The van der Waals surface area contributed by atoms with Crippen LogP contribution < -0.4 is 10.4 Å². The summed E-state index contributed by atoms with van der Waals surface area (Å²) in [7, 11) is 2.24. The summed E-state index contributed by atoms with van der Waals surface area (Å²) in [5.74, 6) is 0.874. The molecule has 0 saturated carbocycles. The van der Waals surface area contributed by atoms with E-state index < -0.39 is 0 Å². The molecule has 4 nitrogen and oxygen atoms in total. The monoisotopic (exact) mass is 299 g/mol. The van der Waals surface area contributed by atoms with Crippen molar-refractivity contribution in [1.29, 1.82) is 0 Å². The van der Waals surface area contributed by atoms with Gasteiger partial charge in [0.2, 0.25) is 0 Å². The van der Waals surface area contributed by atoms with Crippen LogP contribution in [0.15, 0.2) is 33.5 Å². The van der Waals surface area contributed by atoms with Crippen LogP contribution in [0, 0.1) is 6.92 Å². The van der Waals surface area contributed by atoms with Crippen molar-refractivity contribution in [2.45, 2.75) is 50.8 Å². The number of aryl methyl sites for hydroxylation is 1. The molecular formula is C18H21NO3. The smallest absolute Gasteiger partial charge is 0.336 e. The minimum atomic E-state index is -0.300. The number of nitrogens with zero attached hydrogens (tertiary/aromatic N) is 1. The van der Waals surface area contributed by atoms with E-state index in [0.29, 0.717) is 23.8 Å². The van der Waals surface area contributed by atoms with Crippen molar-refractivity contribution < 1.29 is 9.15 Å². The predicted molar refractivity (Wildman–Crippen MR) is 85.4 cm³/mol. The van der Waals surface area contributed by atoms with Gasteiger partial charge in [-0.15, -0.1) is 0 Å². The van der Waals surface area contributed by atoms with Gasteiger partial charge in [0.05, 0.1) is 0 Å². The average Bonchev–Trinajstić information content (AvgIpc) is 2.71. The lowest BCUT2D eigenvalue weighted by Gasteiger charge is -2.36. The average molecular weight is 299 g/mol. The van der Waals surface area contributed by atoms with E-state index in [9.17, 15) is 4.79 Å². The Kier molecular flexibility index (Phi) is 3.22. The van der Waals surface area contributed by atoms with E-state index in [0.717, 1.165) is 29.5 Å². The SMILES string of the molecule is Cc1cc(=O)oc2ccc(OC3C[C@@H]4CC[C@@H](C3)N4C)cc12. The Morgan fingerprint density at radius 1 is 1.18 bits per heavy atom. The van der Waals surface area contributed by atoms with Gasteiger partial charge in [-0.2, -0.15) is 0 Å². The molecule has 0 spiro atoms. The molecule has 3 heterocycles. The highest BCUT2D eigenvalue weighted by atomic mass is 16.5. The molecule has 0 aliphatic carbocycles. The Morgan fingerprint density at radius 2 is 1.91 bits per heavy atom. The second kappa shape index (κ2) is 5.13. The minimum absolute atomic E-state index is 0.294. The van der Waals surface area contributed by atoms with Crippen molar-refractivity contribution in [3.63, 3.8) is 0 Å². The number of fused-ring (bicyclic) bond motifs is 3. The van der Waals surface area contributed by atoms with Gasteiger partial charge in [0, 0.05) is 23.5 Å². The number of hydrogen-bond donors (Lipinski definition) is 0. The molecule has 0 N–H and O–H groups in total. The number of benzene rings is 1. The van der Waals surface area contributed by atoms with E-state index in [-0.39, 0.29) is 5.63 Å². The first-order chi connectivity index (χ1) is 10.6. The number of rotatable bonds is 2. The van der Waals surface area contributed by atoms with Gasteiger partial charge < -0.3 is 14.1 Å². The maximum absolute atomic E-state index is 11.4. The number of hydrogen-bond acceptors (Lipinski definition) is 4. The first kappa shape index (κ1) is 13.8. The van der Waals surface area contributed by atoms with Gasteiger partial charge >= 0.3 is 5.63 Å². The molecule has 0 radical (unpaired) electrons. The molecule has 1 aromatic heterocycles. The molecule has 2 atom stereocenters. The second-order valence-electron chi connectivity index (χ2n) is 6.67. The minimum Gasteiger partial charge on any atom is -0.490 e. The molecule has 4 heteroatoms. The van der Waals surface area contributed by atoms with Crippen LogP contribution >= 0.6 is 0 Å². The van der Waals surface area contributed by atoms with Gasteiger partial charge in [0.25, 0.3) is 0 Å². The second-order valence-corrected chi connectivity index (χ2v) is 6.67. The quantitative estimate of drug-likeness (QED) is 0.799. The van der Waals surface area contributed by atoms with Gasteiger partial charge in [-0.25, -0.2) is 4.79 Å². The van der Waals surface area contributed by atoms with Crippen LogP contribution in [-0.2, 0) is 0 Å². The first-order valence-electron chi connectivity index (χ1n) is 8.03. The van der Waals surface area contributed by atoms with Gasteiger partial charge in [-0.1, -0.05) is 0 Å². The molecule has 1 aromatic carbocycles. The summed E-state index contributed by atoms with van der Waals surface area (Å²) in [5.41, 5.74) is 1.26. The normalized spacial score (nSPS) is 28.2. The van der Waals surface area contributed by atoms with Crippen LogP contribution in [0.25, 0.3) is 11.0 Å². The van der Waals surface area contributed by atoms with Crippen LogP contribution in [0.5, 0.6) is 5.75 Å². The molecule has 4 rings (SSSR count). The van der Waals surface area contributed by atoms with Gasteiger partial charge in [-0.3, -0.25) is 0 Å². The fraction of sp³-hybridized carbons (Fsp3) is 0.500. The van der Waals surface area contributed by atoms with E-state index in [2.05, 4.69) is 11.9 Å². The van der Waals surface area contributed by atoms with E-state index >= 15 is 0 Å². The highest BCUT2D eigenvalue weighted by Gasteiger charge is 2.39. The van der Waals surface area contributed by atoms with Crippen molar-refractivity contribution in [1.82, 2.24) is 4.90 Å². The lowest BCUT2D eigenvalue weighted by molar-refractivity contribution is 0.0662. The van der Waals surface area contributed by atoms with Crippen molar-refractivity contribution >= 4 is 11.0 Å². The molecule has 2 aliphatic heterocycles. The van der Waals surface area contributed by atoms with E-state index in [1.165, 1.54) is 18.9 Å². The highest BCUT2D eigenvalue weighted by Crippen LogP contribution is 2.36. The van der Waals surface area contributed by atoms with Crippen molar-refractivity contribution in [2.24, 2.45) is 0 Å². The summed E-state index contributed by atoms with van der Waals surface area (Å²) in [6.07, 6.45) is 5.09. The molecule has 2 aromatic rings. The summed E-state index contributed by atoms with van der Waals surface area (Å²) >= 11 is 0. The topological polar surface area (TPSA) is 42.7 Å². The summed E-state index contributed by atoms with van der Waals surface area (Å²) < 4.78 is 11.5. The fourth-order valence-corrected chi connectivity index (χ4v) is 4.02. The molecule has 2 bridgehead atoms. The molecule has 2 fully saturated rings. The summed E-state index contributed by atoms with van der Waals surface area (Å²) in [6.45, 7) is 1.93. The summed E-state index contributed by atoms with van der Waals surface area (Å²) in [6, 6.07) is 8.61. The van der Waals surface area contributed by atoms with Gasteiger partial charge in [0.15, 0.2) is 0 Å². The Balaban J connectivity index is 1.59. The third-order valence-electron chi connectivity index (χ3n) is 5.28. The maximum Gasteiger partial charge on any atom is 0.336 e. The van der Waals surface area contributed by atoms with Crippen LogP contribution in [0.1, 0.15) is 31.2 Å². The molecule has 116 valence electrons. The van der Waals surface area contributed by atoms with E-state index in [4.69, 9.17) is 9.15 Å². The zero-order valence-electron chi connectivity index (χ0n) is 13.0. The Bertz CT molecular complexity index is 753. The van der Waals surface area contributed by atoms with Crippen molar-refractivity contribution in [3.8, 4) is 5.75 Å². The lowest BCUT2D eigenvalue weighted by atomic mass is 10.0. The molecule has 0 amide bonds. The maximum atomic E-state index is 11.4. The van der Waals surface area contributed by atoms with E-state index in [1.807, 2.05) is 25.1 Å². The van der Waals surface area contributed by atoms with Crippen molar-refractivity contribution in [3.05, 3.63) is 40.2 Å². The zero-order valence-corrected chi connectivity index (χ0v) is 13.0. The molecule has 22 heavy (non-hydrogen) atoms. The van der Waals surface area contributed by atoms with Crippen LogP contribution in [0.2, 0.25) is 0 Å². The first-order valence-corrected chi connectivity index (χ1v) is 8.03. The Morgan fingerprint density at radius 3 is 2.64 bits per heavy atom. The zero-order chi connectivity index (χ0) is 15.3. The Hall–Kier alpha value is -1.81. The third kappa shape index (κ3) is 2.31. The predicted octanol–water partition coefficient (Wildman–Crippen LogP) is 3.11. The molecular weight excluding hydrogens is 278 g/mol. The van der Waals surface area contributed by atoms with Gasteiger partial charge in [0.1, 0.15) is 17.4 Å². The highest BCUT2D eigenvalue weighted by molar-refractivity contribution is 5.81. The largest absolute Gasteiger partial charge is 0.490 e. The summed E-state index contributed by atoms with van der Waals surface area (Å²) in [4.78, 5) is 13.9. The van der Waals surface area contributed by atoms with Gasteiger partial charge in [-0.05, 0) is 63.4 Å². The fourth-order valence-electron chi connectivity index (χ4n) is 4.02. The van der Waals surface area contributed by atoms with Crippen LogP contribution in [0.4, 0.5) is 0 Å². The van der Waals surface area contributed by atoms with Crippen molar-refractivity contribution in [2.75, 3.05) is 7.05 Å². The lowest BCUT2D eigenvalue weighted by Crippen LogP contribution is -2.43. The van der Waals surface area contributed by atoms with Crippen LogP contribution in [0.3, 0.4) is 0 Å². The standard InChI is InChI=1S/C18H21NO3/c1-11-7-18(20)22-17-6-5-14(10-16(11)17)21-15-8-12-3-4-13(9-15)19(12)2/h5-7,10,12-13,15H,3-4,8-9H2,1-2H3/t12-,13-/m0/s1. The van der Waals surface area contributed by atoms with Crippen LogP contribution in [-0.4, -0.2) is 30.1 Å². The van der Waals surface area contributed by atoms with E-state index in [1.54, 1.807) is 0 Å². The third-order valence-corrected chi connectivity index (χ3v) is 5.28. The Labute approximate surface area is 129 Å². The molecule has 2 aliphatic rings. The molecule has 0 unspecified atom stereocenters. The molecule has 2 saturated heterocycles.